The lowest BCUT2D eigenvalue weighted by molar-refractivity contribution is 0.0594. The molecule has 1 heterocycles. The Hall–Kier alpha value is -1.41. The van der Waals surface area contributed by atoms with Gasteiger partial charge < -0.3 is 4.74 Å². The number of nitrogens with one attached hydrogen (secondary N) is 1. The molecule has 0 aliphatic heterocycles. The van der Waals surface area contributed by atoms with Crippen molar-refractivity contribution < 1.29 is 17.9 Å². The normalized spacial score (nSPS) is 17.5. The summed E-state index contributed by atoms with van der Waals surface area (Å²) in [7, 11) is -0.903. The molecule has 106 valence electrons. The van der Waals surface area contributed by atoms with Crippen molar-refractivity contribution in [3.63, 3.8) is 0 Å². The summed E-state index contributed by atoms with van der Waals surface area (Å²) in [6.07, 6.45) is 2.11. The summed E-state index contributed by atoms with van der Waals surface area (Å²) in [5.74, 6) is -0.252. The van der Waals surface area contributed by atoms with E-state index in [2.05, 4.69) is 14.9 Å². The molecule has 0 bridgehead atoms. The summed E-state index contributed by atoms with van der Waals surface area (Å²) in [6.45, 7) is 1.88. The number of ether oxygens (including phenoxy) is 1. The molecule has 1 unspecified atom stereocenters. The van der Waals surface area contributed by atoms with Crippen molar-refractivity contribution in [2.45, 2.75) is 30.8 Å². The number of esters is 1. The first-order valence-electron chi connectivity index (χ1n) is 5.99. The first-order valence-corrected chi connectivity index (χ1v) is 7.43. The zero-order chi connectivity index (χ0) is 14.2. The minimum absolute atomic E-state index is 0.0476. The molecule has 1 atom stereocenters. The van der Waals surface area contributed by atoms with Crippen LogP contribution >= 0.6 is 0 Å². The lowest BCUT2D eigenvalue weighted by Crippen LogP contribution is -2.36. The second-order valence-corrected chi connectivity index (χ2v) is 6.67. The van der Waals surface area contributed by atoms with Crippen LogP contribution in [0.3, 0.4) is 0 Å². The van der Waals surface area contributed by atoms with E-state index in [9.17, 15) is 13.2 Å². The zero-order valence-corrected chi connectivity index (χ0v) is 11.9. The Kier molecular flexibility index (Phi) is 3.64. The van der Waals surface area contributed by atoms with E-state index < -0.39 is 16.0 Å². The van der Waals surface area contributed by atoms with Gasteiger partial charge in [-0.2, -0.15) is 9.40 Å². The summed E-state index contributed by atoms with van der Waals surface area (Å²) in [4.78, 5) is 11.3. The molecule has 0 saturated heterocycles. The Morgan fingerprint density at radius 1 is 1.58 bits per heavy atom. The molecule has 1 N–H and O–H groups in total. The van der Waals surface area contributed by atoms with Gasteiger partial charge in [0.05, 0.1) is 7.11 Å². The standard InChI is InChI=1S/C11H17N3O4S/c1-7(8-4-5-8)14(2)19(16,17)10-6-9(12-13-10)11(15)18-3/h6-8H,4-5H2,1-3H3,(H,12,13). The summed E-state index contributed by atoms with van der Waals surface area (Å²) >= 11 is 0. The largest absolute Gasteiger partial charge is 0.464 e. The Labute approximate surface area is 112 Å². The Balaban J connectivity index is 2.23. The SMILES string of the molecule is COC(=O)c1cc(S(=O)(=O)N(C)C(C)C2CC2)[nH]n1. The third-order valence-electron chi connectivity index (χ3n) is 3.48. The zero-order valence-electron chi connectivity index (χ0n) is 11.1. The van der Waals surface area contributed by atoms with Crippen molar-refractivity contribution in [3.8, 4) is 0 Å². The van der Waals surface area contributed by atoms with Gasteiger partial charge in [0.2, 0.25) is 0 Å². The average molecular weight is 287 g/mol. The van der Waals surface area contributed by atoms with E-state index in [1.165, 1.54) is 24.5 Å². The highest BCUT2D eigenvalue weighted by atomic mass is 32.2. The molecule has 19 heavy (non-hydrogen) atoms. The summed E-state index contributed by atoms with van der Waals surface area (Å²) in [6, 6.07) is 1.13. The molecular weight excluding hydrogens is 270 g/mol. The average Bonchev–Trinajstić information content (AvgIpc) is 3.12. The molecule has 1 aliphatic carbocycles. The minimum atomic E-state index is -3.66. The van der Waals surface area contributed by atoms with Gasteiger partial charge in [0.15, 0.2) is 10.7 Å². The molecule has 0 radical (unpaired) electrons. The smallest absolute Gasteiger partial charge is 0.358 e. The van der Waals surface area contributed by atoms with Gasteiger partial charge in [0.1, 0.15) is 0 Å². The molecule has 0 amide bonds. The molecule has 8 heteroatoms. The number of sulfonamides is 1. The van der Waals surface area contributed by atoms with Gasteiger partial charge in [-0.25, -0.2) is 13.2 Å². The Morgan fingerprint density at radius 2 is 2.21 bits per heavy atom. The maximum absolute atomic E-state index is 12.3. The number of rotatable bonds is 5. The van der Waals surface area contributed by atoms with Crippen LogP contribution in [0.5, 0.6) is 0 Å². The van der Waals surface area contributed by atoms with Gasteiger partial charge in [-0.3, -0.25) is 5.10 Å². The number of aromatic amines is 1. The maximum atomic E-state index is 12.3. The van der Waals surface area contributed by atoms with Gasteiger partial charge in [-0.1, -0.05) is 0 Å². The van der Waals surface area contributed by atoms with Crippen molar-refractivity contribution in [1.82, 2.24) is 14.5 Å². The summed E-state index contributed by atoms with van der Waals surface area (Å²) in [5, 5.41) is 5.93. The Bertz CT molecular complexity index is 577. The molecule has 2 rings (SSSR count). The first-order chi connectivity index (χ1) is 8.87. The van der Waals surface area contributed by atoms with E-state index in [1.807, 2.05) is 6.92 Å². The van der Waals surface area contributed by atoms with Crippen LogP contribution in [0, 0.1) is 5.92 Å². The third kappa shape index (κ3) is 2.64. The number of hydrogen-bond donors (Lipinski definition) is 1. The van der Waals surface area contributed by atoms with Crippen LogP contribution in [0.2, 0.25) is 0 Å². The van der Waals surface area contributed by atoms with E-state index in [4.69, 9.17) is 0 Å². The van der Waals surface area contributed by atoms with Crippen LogP contribution in [-0.2, 0) is 14.8 Å². The van der Waals surface area contributed by atoms with Crippen LogP contribution in [0.1, 0.15) is 30.3 Å². The number of carbonyl (C=O) groups is 1. The van der Waals surface area contributed by atoms with Crippen LogP contribution in [0.4, 0.5) is 0 Å². The summed E-state index contributed by atoms with van der Waals surface area (Å²) in [5.41, 5.74) is -0.0476. The fourth-order valence-corrected chi connectivity index (χ4v) is 3.24. The lowest BCUT2D eigenvalue weighted by Gasteiger charge is -2.23. The van der Waals surface area contributed by atoms with E-state index in [0.717, 1.165) is 12.8 Å². The van der Waals surface area contributed by atoms with Gasteiger partial charge >= 0.3 is 5.97 Å². The molecule has 1 saturated carbocycles. The molecule has 1 aromatic rings. The highest BCUT2D eigenvalue weighted by Crippen LogP contribution is 2.36. The van der Waals surface area contributed by atoms with Gasteiger partial charge in [-0.15, -0.1) is 0 Å². The predicted octanol–water partition coefficient (Wildman–Crippen LogP) is 0.615. The number of hydrogen-bond acceptors (Lipinski definition) is 5. The van der Waals surface area contributed by atoms with Crippen molar-refractivity contribution in [2.24, 2.45) is 5.92 Å². The number of nitrogens with zero attached hydrogens (tertiary/aromatic N) is 2. The number of carbonyl (C=O) groups excluding carboxylic acids is 1. The first kappa shape index (κ1) is 14.0. The van der Waals surface area contributed by atoms with Gasteiger partial charge in [0, 0.05) is 19.2 Å². The molecular formula is C11H17N3O4S. The number of methoxy groups -OCH3 is 1. The van der Waals surface area contributed by atoms with Crippen LogP contribution in [0.25, 0.3) is 0 Å². The van der Waals surface area contributed by atoms with Crippen molar-refractivity contribution in [1.29, 1.82) is 0 Å². The van der Waals surface area contributed by atoms with Crippen LogP contribution in [-0.4, -0.2) is 49.1 Å². The highest BCUT2D eigenvalue weighted by molar-refractivity contribution is 7.89. The van der Waals surface area contributed by atoms with Gasteiger partial charge in [-0.05, 0) is 25.7 Å². The predicted molar refractivity (Wildman–Crippen MR) is 67.1 cm³/mol. The monoisotopic (exact) mass is 287 g/mol. The van der Waals surface area contributed by atoms with Gasteiger partial charge in [0.25, 0.3) is 10.0 Å². The fourth-order valence-electron chi connectivity index (χ4n) is 1.89. The molecule has 1 aliphatic rings. The maximum Gasteiger partial charge on any atom is 0.358 e. The van der Waals surface area contributed by atoms with E-state index in [1.54, 1.807) is 0 Å². The summed E-state index contributed by atoms with van der Waals surface area (Å²) < 4.78 is 30.5. The Morgan fingerprint density at radius 3 is 2.74 bits per heavy atom. The lowest BCUT2D eigenvalue weighted by atomic mass is 10.2. The van der Waals surface area contributed by atoms with Crippen molar-refractivity contribution in [3.05, 3.63) is 11.8 Å². The molecule has 1 fully saturated rings. The molecule has 0 spiro atoms. The van der Waals surface area contributed by atoms with Crippen molar-refractivity contribution >= 4 is 16.0 Å². The third-order valence-corrected chi connectivity index (χ3v) is 5.34. The molecule has 7 nitrogen and oxygen atoms in total. The molecule has 0 aromatic carbocycles. The number of H-pyrrole nitrogens is 1. The topological polar surface area (TPSA) is 92.4 Å². The van der Waals surface area contributed by atoms with Crippen LogP contribution in [0.15, 0.2) is 11.1 Å². The van der Waals surface area contributed by atoms with Crippen molar-refractivity contribution in [2.75, 3.05) is 14.2 Å². The second-order valence-electron chi connectivity index (χ2n) is 4.71. The second kappa shape index (κ2) is 4.93. The fraction of sp³-hybridized carbons (Fsp3) is 0.636. The van der Waals surface area contributed by atoms with E-state index in [0.29, 0.717) is 5.92 Å². The minimum Gasteiger partial charge on any atom is -0.464 e. The van der Waals surface area contributed by atoms with E-state index in [-0.39, 0.29) is 16.8 Å². The highest BCUT2D eigenvalue weighted by Gasteiger charge is 2.36. The van der Waals surface area contributed by atoms with Crippen LogP contribution < -0.4 is 0 Å². The molecule has 1 aromatic heterocycles. The van der Waals surface area contributed by atoms with E-state index >= 15 is 0 Å². The quantitative estimate of drug-likeness (QED) is 0.801. The number of aromatic nitrogens is 2.